The Morgan fingerprint density at radius 1 is 1.58 bits per heavy atom. The quantitative estimate of drug-likeness (QED) is 0.363. The van der Waals surface area contributed by atoms with E-state index in [2.05, 4.69) is 15.6 Å². The molecule has 0 aliphatic rings. The van der Waals surface area contributed by atoms with Crippen LogP contribution in [-0.2, 0) is 24.8 Å². The van der Waals surface area contributed by atoms with Gasteiger partial charge >= 0.3 is 11.9 Å². The molecule has 0 saturated heterocycles. The average Bonchev–Trinajstić information content (AvgIpc) is 2.79. The van der Waals surface area contributed by atoms with Crippen LogP contribution in [0.3, 0.4) is 0 Å². The molecule has 0 aliphatic heterocycles. The molecule has 1 rings (SSSR count). The van der Waals surface area contributed by atoms with Crippen molar-refractivity contribution >= 4 is 34.8 Å². The Morgan fingerprint density at radius 2 is 2.26 bits per heavy atom. The summed E-state index contributed by atoms with van der Waals surface area (Å²) in [6.07, 6.45) is 0.391. The van der Waals surface area contributed by atoms with E-state index in [9.17, 15) is 19.5 Å². The zero-order valence-electron chi connectivity index (χ0n) is 9.74. The Morgan fingerprint density at radius 3 is 2.74 bits per heavy atom. The summed E-state index contributed by atoms with van der Waals surface area (Å²) >= 11 is 0.984. The van der Waals surface area contributed by atoms with Crippen LogP contribution >= 0.6 is 11.3 Å². The number of carboxylic acid groups (broad SMARTS) is 2. The van der Waals surface area contributed by atoms with Crippen molar-refractivity contribution < 1.29 is 29.3 Å². The van der Waals surface area contributed by atoms with E-state index in [1.54, 1.807) is 0 Å². The van der Waals surface area contributed by atoms with E-state index < -0.39 is 24.2 Å². The second-order valence-electron chi connectivity index (χ2n) is 3.24. The first-order valence-electron chi connectivity index (χ1n) is 4.88. The molecule has 104 valence electrons. The van der Waals surface area contributed by atoms with Crippen molar-refractivity contribution in [3.05, 3.63) is 11.1 Å². The van der Waals surface area contributed by atoms with Gasteiger partial charge in [-0.2, -0.15) is 0 Å². The molecule has 19 heavy (non-hydrogen) atoms. The van der Waals surface area contributed by atoms with Gasteiger partial charge in [0.25, 0.3) is 5.72 Å². The molecule has 1 aromatic rings. The highest BCUT2D eigenvalue weighted by atomic mass is 32.1. The van der Waals surface area contributed by atoms with E-state index in [0.717, 1.165) is 18.4 Å². The number of methoxy groups -OCH3 is 1. The van der Waals surface area contributed by atoms with Gasteiger partial charge in [0.1, 0.15) is 5.69 Å². The highest BCUT2D eigenvalue weighted by Crippen LogP contribution is 2.26. The van der Waals surface area contributed by atoms with Crippen LogP contribution in [0.4, 0.5) is 5.13 Å². The number of thiazole rings is 1. The van der Waals surface area contributed by atoms with Crippen molar-refractivity contribution in [2.75, 3.05) is 19.0 Å². The molecular formula is C9H11N3O6S. The second-order valence-corrected chi connectivity index (χ2v) is 4.10. The summed E-state index contributed by atoms with van der Waals surface area (Å²) in [4.78, 5) is 36.0. The van der Waals surface area contributed by atoms with E-state index >= 15 is 0 Å². The zero-order valence-corrected chi connectivity index (χ0v) is 10.6. The number of hydrogen-bond acceptors (Lipinski definition) is 7. The summed E-state index contributed by atoms with van der Waals surface area (Å²) in [6.45, 7) is -0.631. The number of carboxylic acids is 2. The fourth-order valence-corrected chi connectivity index (χ4v) is 2.00. The minimum atomic E-state index is -2.09. The molecule has 1 atom stereocenters. The van der Waals surface area contributed by atoms with Crippen LogP contribution in [0.2, 0.25) is 0 Å². The van der Waals surface area contributed by atoms with E-state index in [4.69, 9.17) is 9.84 Å². The third-order valence-corrected chi connectivity index (χ3v) is 2.92. The number of anilines is 1. The Kier molecular flexibility index (Phi) is 4.92. The molecule has 10 heteroatoms. The molecule has 0 aromatic carbocycles. The van der Waals surface area contributed by atoms with Gasteiger partial charge in [-0.25, -0.2) is 9.78 Å². The maximum atomic E-state index is 11.3. The van der Waals surface area contributed by atoms with E-state index in [0.29, 0.717) is 6.41 Å². The van der Waals surface area contributed by atoms with Crippen LogP contribution in [0, 0.1) is 0 Å². The standard InChI is InChI=1S/C9H11N3O6S/c1-18-9(7(16)17,11-2-6(14)15)5-3-19-8(12-5)10-4-13/h3-4,11H,2H2,1H3,(H,14,15)(H,16,17)(H,10,12,13). The highest BCUT2D eigenvalue weighted by molar-refractivity contribution is 7.13. The fourth-order valence-electron chi connectivity index (χ4n) is 1.29. The van der Waals surface area contributed by atoms with Gasteiger partial charge in [0, 0.05) is 12.5 Å². The predicted octanol–water partition coefficient (Wildman–Crippen LogP) is -0.731. The molecule has 0 fully saturated rings. The fraction of sp³-hybridized carbons (Fsp3) is 0.333. The number of aromatic nitrogens is 1. The predicted molar refractivity (Wildman–Crippen MR) is 63.8 cm³/mol. The Balaban J connectivity index is 3.09. The first kappa shape index (κ1) is 15.0. The Hall–Kier alpha value is -2.04. The summed E-state index contributed by atoms with van der Waals surface area (Å²) in [5.74, 6) is -2.69. The third kappa shape index (κ3) is 3.24. The van der Waals surface area contributed by atoms with Gasteiger partial charge in [-0.05, 0) is 0 Å². The average molecular weight is 289 g/mol. The summed E-state index contributed by atoms with van der Waals surface area (Å²) in [5, 5.41) is 23.9. The molecule has 0 spiro atoms. The third-order valence-electron chi connectivity index (χ3n) is 2.14. The monoisotopic (exact) mass is 289 g/mol. The first-order chi connectivity index (χ1) is 8.96. The van der Waals surface area contributed by atoms with Gasteiger partial charge in [0.2, 0.25) is 6.41 Å². The number of carbonyl (C=O) groups is 3. The first-order valence-corrected chi connectivity index (χ1v) is 5.75. The van der Waals surface area contributed by atoms with Crippen LogP contribution in [0.1, 0.15) is 5.69 Å². The molecule has 1 amide bonds. The van der Waals surface area contributed by atoms with Crippen molar-refractivity contribution in [3.8, 4) is 0 Å². The molecule has 0 saturated carbocycles. The topological polar surface area (TPSA) is 138 Å². The van der Waals surface area contributed by atoms with Crippen molar-refractivity contribution in [3.63, 3.8) is 0 Å². The maximum absolute atomic E-state index is 11.3. The van der Waals surface area contributed by atoms with Crippen molar-refractivity contribution in [2.45, 2.75) is 5.72 Å². The molecule has 4 N–H and O–H groups in total. The second kappa shape index (κ2) is 6.22. The lowest BCUT2D eigenvalue weighted by atomic mass is 10.1. The van der Waals surface area contributed by atoms with Crippen LogP contribution < -0.4 is 10.6 Å². The maximum Gasteiger partial charge on any atom is 0.358 e. The summed E-state index contributed by atoms with van der Waals surface area (Å²) in [5.41, 5.74) is -2.14. The molecule has 1 aromatic heterocycles. The van der Waals surface area contributed by atoms with E-state index in [1.807, 2.05) is 0 Å². The summed E-state index contributed by atoms with van der Waals surface area (Å²) < 4.78 is 4.88. The number of aliphatic carboxylic acids is 2. The number of nitrogens with one attached hydrogen (secondary N) is 2. The van der Waals surface area contributed by atoms with Crippen molar-refractivity contribution in [2.24, 2.45) is 0 Å². The van der Waals surface area contributed by atoms with Crippen molar-refractivity contribution in [1.82, 2.24) is 10.3 Å². The number of amides is 1. The molecule has 0 radical (unpaired) electrons. The lowest BCUT2D eigenvalue weighted by Gasteiger charge is -2.26. The van der Waals surface area contributed by atoms with Gasteiger partial charge in [0.05, 0.1) is 6.54 Å². The number of rotatable bonds is 8. The molecule has 0 aliphatic carbocycles. The normalized spacial score (nSPS) is 13.5. The van der Waals surface area contributed by atoms with Crippen LogP contribution in [0.5, 0.6) is 0 Å². The number of ether oxygens (including phenoxy) is 1. The number of carbonyl (C=O) groups excluding carboxylic acids is 1. The van der Waals surface area contributed by atoms with Crippen LogP contribution in [0.25, 0.3) is 0 Å². The largest absolute Gasteiger partial charge is 0.480 e. The molecular weight excluding hydrogens is 278 g/mol. The van der Waals surface area contributed by atoms with E-state index in [1.165, 1.54) is 5.38 Å². The van der Waals surface area contributed by atoms with Gasteiger partial charge in [-0.15, -0.1) is 11.3 Å². The molecule has 0 bridgehead atoms. The Bertz CT molecular complexity index is 490. The highest BCUT2D eigenvalue weighted by Gasteiger charge is 2.43. The SMILES string of the molecule is COC(NCC(=O)O)(C(=O)O)c1csc(NC=O)n1. The summed E-state index contributed by atoms with van der Waals surface area (Å²) in [7, 11) is 1.11. The van der Waals surface area contributed by atoms with Crippen LogP contribution in [-0.4, -0.2) is 47.2 Å². The Labute approximate surface area is 111 Å². The molecule has 1 heterocycles. The minimum absolute atomic E-state index is 0.0573. The van der Waals surface area contributed by atoms with Gasteiger partial charge < -0.3 is 20.3 Å². The van der Waals surface area contributed by atoms with Gasteiger partial charge in [0.15, 0.2) is 5.13 Å². The zero-order chi connectivity index (χ0) is 14.5. The van der Waals surface area contributed by atoms with Crippen LogP contribution in [0.15, 0.2) is 5.38 Å². The molecule has 9 nitrogen and oxygen atoms in total. The van der Waals surface area contributed by atoms with E-state index in [-0.39, 0.29) is 10.8 Å². The molecule has 1 unspecified atom stereocenters. The lowest BCUT2D eigenvalue weighted by molar-refractivity contribution is -0.170. The van der Waals surface area contributed by atoms with Gasteiger partial charge in [-0.3, -0.25) is 14.9 Å². The minimum Gasteiger partial charge on any atom is -0.480 e. The van der Waals surface area contributed by atoms with Crippen molar-refractivity contribution in [1.29, 1.82) is 0 Å². The summed E-state index contributed by atoms with van der Waals surface area (Å²) in [6, 6.07) is 0. The number of hydrogen-bond donors (Lipinski definition) is 4. The number of nitrogens with zero attached hydrogens (tertiary/aromatic N) is 1. The van der Waals surface area contributed by atoms with Gasteiger partial charge in [-0.1, -0.05) is 0 Å². The smallest absolute Gasteiger partial charge is 0.358 e. The lowest BCUT2D eigenvalue weighted by Crippen LogP contribution is -2.52.